The fraction of sp³-hybridized carbons (Fsp3) is 0.227. The summed E-state index contributed by atoms with van der Waals surface area (Å²) in [6.07, 6.45) is 0.369. The van der Waals surface area contributed by atoms with Gasteiger partial charge < -0.3 is 15.4 Å². The summed E-state index contributed by atoms with van der Waals surface area (Å²) >= 11 is 0. The van der Waals surface area contributed by atoms with Crippen molar-refractivity contribution < 1.29 is 9.53 Å². The standard InChI is InChI=1S/C22H24N4O2/c1-15(2)28-19-11-7-6-10-18(19)23-20-12-13-21(26-25-20)24-22(27)14-17-9-5-4-8-16(17)3/h4-13,15H,14H2,1-3H3,(H,23,25)(H,24,26,27). The molecule has 0 aliphatic carbocycles. The molecule has 0 radical (unpaired) electrons. The number of anilines is 3. The zero-order valence-corrected chi connectivity index (χ0v) is 16.3. The molecule has 1 aromatic heterocycles. The van der Waals surface area contributed by atoms with E-state index in [1.165, 1.54) is 0 Å². The molecule has 0 bridgehead atoms. The maximum absolute atomic E-state index is 12.2. The molecular formula is C22H24N4O2. The van der Waals surface area contributed by atoms with Gasteiger partial charge in [0, 0.05) is 0 Å². The Balaban J connectivity index is 1.63. The molecule has 0 unspecified atom stereocenters. The number of ether oxygens (including phenoxy) is 1. The van der Waals surface area contributed by atoms with E-state index < -0.39 is 0 Å². The highest BCUT2D eigenvalue weighted by Crippen LogP contribution is 2.27. The second kappa shape index (κ2) is 8.99. The molecule has 2 aromatic carbocycles. The molecule has 3 aromatic rings. The molecule has 1 amide bonds. The fourth-order valence-electron chi connectivity index (χ4n) is 2.70. The number of nitrogens with zero attached hydrogens (tertiary/aromatic N) is 2. The molecule has 0 aliphatic rings. The lowest BCUT2D eigenvalue weighted by atomic mass is 10.1. The first-order valence-electron chi connectivity index (χ1n) is 9.22. The first-order chi connectivity index (χ1) is 13.5. The minimum atomic E-state index is -0.125. The van der Waals surface area contributed by atoms with Crippen molar-refractivity contribution in [2.45, 2.75) is 33.3 Å². The van der Waals surface area contributed by atoms with Crippen molar-refractivity contribution in [3.63, 3.8) is 0 Å². The molecule has 28 heavy (non-hydrogen) atoms. The van der Waals surface area contributed by atoms with Crippen LogP contribution in [0.4, 0.5) is 17.3 Å². The van der Waals surface area contributed by atoms with Crippen molar-refractivity contribution in [3.05, 3.63) is 71.8 Å². The maximum atomic E-state index is 12.2. The zero-order chi connectivity index (χ0) is 19.9. The number of aryl methyl sites for hydroxylation is 1. The van der Waals surface area contributed by atoms with Gasteiger partial charge in [0.1, 0.15) is 5.75 Å². The number of carbonyl (C=O) groups is 1. The van der Waals surface area contributed by atoms with E-state index in [1.807, 2.05) is 69.3 Å². The summed E-state index contributed by atoms with van der Waals surface area (Å²) in [7, 11) is 0. The third-order valence-corrected chi connectivity index (χ3v) is 4.06. The first-order valence-corrected chi connectivity index (χ1v) is 9.22. The molecule has 0 aliphatic heterocycles. The van der Waals surface area contributed by atoms with E-state index in [2.05, 4.69) is 20.8 Å². The molecule has 0 spiro atoms. The van der Waals surface area contributed by atoms with Crippen LogP contribution < -0.4 is 15.4 Å². The summed E-state index contributed by atoms with van der Waals surface area (Å²) in [5, 5.41) is 14.2. The predicted molar refractivity (Wildman–Crippen MR) is 111 cm³/mol. The van der Waals surface area contributed by atoms with Gasteiger partial charge in [0.05, 0.1) is 18.2 Å². The van der Waals surface area contributed by atoms with Crippen molar-refractivity contribution in [1.29, 1.82) is 0 Å². The third kappa shape index (κ3) is 5.30. The van der Waals surface area contributed by atoms with E-state index in [0.717, 1.165) is 22.6 Å². The number of rotatable bonds is 7. The van der Waals surface area contributed by atoms with Crippen LogP contribution in [-0.4, -0.2) is 22.2 Å². The van der Waals surface area contributed by atoms with Crippen LogP contribution in [-0.2, 0) is 11.2 Å². The summed E-state index contributed by atoms with van der Waals surface area (Å²) in [5.41, 5.74) is 2.89. The van der Waals surface area contributed by atoms with Gasteiger partial charge in [-0.1, -0.05) is 36.4 Å². The molecule has 0 saturated carbocycles. The molecule has 0 saturated heterocycles. The third-order valence-electron chi connectivity index (χ3n) is 4.06. The smallest absolute Gasteiger partial charge is 0.230 e. The Morgan fingerprint density at radius 1 is 0.964 bits per heavy atom. The van der Waals surface area contributed by atoms with Gasteiger partial charge in [0.25, 0.3) is 0 Å². The molecule has 2 N–H and O–H groups in total. The fourth-order valence-corrected chi connectivity index (χ4v) is 2.70. The van der Waals surface area contributed by atoms with Gasteiger partial charge in [-0.15, -0.1) is 10.2 Å². The molecule has 6 heteroatoms. The van der Waals surface area contributed by atoms with E-state index in [0.29, 0.717) is 18.1 Å². The molecule has 144 valence electrons. The van der Waals surface area contributed by atoms with Gasteiger partial charge in [-0.2, -0.15) is 0 Å². The lowest BCUT2D eigenvalue weighted by molar-refractivity contribution is -0.115. The summed E-state index contributed by atoms with van der Waals surface area (Å²) in [4.78, 5) is 12.2. The van der Waals surface area contributed by atoms with Crippen molar-refractivity contribution in [2.24, 2.45) is 0 Å². The number of hydrogen-bond acceptors (Lipinski definition) is 5. The van der Waals surface area contributed by atoms with E-state index >= 15 is 0 Å². The SMILES string of the molecule is Cc1ccccc1CC(=O)Nc1ccc(Nc2ccccc2OC(C)C)nn1. The predicted octanol–water partition coefficient (Wildman–Crippen LogP) is 4.50. The highest BCUT2D eigenvalue weighted by Gasteiger charge is 2.09. The number of amides is 1. The Bertz CT molecular complexity index is 939. The monoisotopic (exact) mass is 376 g/mol. The molecule has 0 fully saturated rings. The van der Waals surface area contributed by atoms with Crippen LogP contribution in [0.25, 0.3) is 0 Å². The number of aromatic nitrogens is 2. The van der Waals surface area contributed by atoms with Gasteiger partial charge in [0.2, 0.25) is 5.91 Å². The van der Waals surface area contributed by atoms with Gasteiger partial charge >= 0.3 is 0 Å². The van der Waals surface area contributed by atoms with Gasteiger partial charge in [-0.25, -0.2) is 0 Å². The van der Waals surface area contributed by atoms with E-state index in [4.69, 9.17) is 4.74 Å². The summed E-state index contributed by atoms with van der Waals surface area (Å²) in [6.45, 7) is 5.94. The normalized spacial score (nSPS) is 10.6. The topological polar surface area (TPSA) is 76.1 Å². The van der Waals surface area contributed by atoms with Crippen molar-refractivity contribution in [2.75, 3.05) is 10.6 Å². The lowest BCUT2D eigenvalue weighted by Crippen LogP contribution is -2.16. The summed E-state index contributed by atoms with van der Waals surface area (Å²) in [5.74, 6) is 1.60. The van der Waals surface area contributed by atoms with E-state index in [-0.39, 0.29) is 12.0 Å². The zero-order valence-electron chi connectivity index (χ0n) is 16.3. The van der Waals surface area contributed by atoms with E-state index in [1.54, 1.807) is 12.1 Å². The van der Waals surface area contributed by atoms with Crippen molar-refractivity contribution in [1.82, 2.24) is 10.2 Å². The van der Waals surface area contributed by atoms with Crippen molar-refractivity contribution in [3.8, 4) is 5.75 Å². The lowest BCUT2D eigenvalue weighted by Gasteiger charge is -2.15. The van der Waals surface area contributed by atoms with Crippen molar-refractivity contribution >= 4 is 23.2 Å². The Hall–Kier alpha value is -3.41. The molecule has 0 atom stereocenters. The maximum Gasteiger partial charge on any atom is 0.230 e. The van der Waals surface area contributed by atoms with Crippen LogP contribution in [0, 0.1) is 6.92 Å². The minimum absolute atomic E-state index is 0.0693. The van der Waals surface area contributed by atoms with Crippen LogP contribution in [0.1, 0.15) is 25.0 Å². The number of carbonyl (C=O) groups excluding carboxylic acids is 1. The first kappa shape index (κ1) is 19.4. The average molecular weight is 376 g/mol. The molecule has 6 nitrogen and oxygen atoms in total. The van der Waals surface area contributed by atoms with Gasteiger partial charge in [-0.05, 0) is 56.2 Å². The van der Waals surface area contributed by atoms with Gasteiger partial charge in [0.15, 0.2) is 11.6 Å². The minimum Gasteiger partial charge on any atom is -0.489 e. The van der Waals surface area contributed by atoms with Crippen LogP contribution in [0.5, 0.6) is 5.75 Å². The Morgan fingerprint density at radius 2 is 1.64 bits per heavy atom. The second-order valence-corrected chi connectivity index (χ2v) is 6.74. The molecule has 3 rings (SSSR count). The Labute approximate surface area is 165 Å². The van der Waals surface area contributed by atoms with Gasteiger partial charge in [-0.3, -0.25) is 4.79 Å². The molecular weight excluding hydrogens is 352 g/mol. The van der Waals surface area contributed by atoms with Crippen LogP contribution in [0.2, 0.25) is 0 Å². The highest BCUT2D eigenvalue weighted by atomic mass is 16.5. The number of nitrogens with one attached hydrogen (secondary N) is 2. The largest absolute Gasteiger partial charge is 0.489 e. The van der Waals surface area contributed by atoms with Crippen LogP contribution in [0.15, 0.2) is 60.7 Å². The quantitative estimate of drug-likeness (QED) is 0.635. The number of benzene rings is 2. The highest BCUT2D eigenvalue weighted by molar-refractivity contribution is 5.91. The summed E-state index contributed by atoms with van der Waals surface area (Å²) < 4.78 is 5.79. The van der Waals surface area contributed by atoms with Crippen LogP contribution >= 0.6 is 0 Å². The Morgan fingerprint density at radius 3 is 2.36 bits per heavy atom. The second-order valence-electron chi connectivity index (χ2n) is 6.74. The molecule has 1 heterocycles. The Kier molecular flexibility index (Phi) is 6.22. The van der Waals surface area contributed by atoms with E-state index in [9.17, 15) is 4.79 Å². The summed E-state index contributed by atoms with van der Waals surface area (Å²) in [6, 6.07) is 19.0. The number of hydrogen-bond donors (Lipinski definition) is 2. The average Bonchev–Trinajstić information content (AvgIpc) is 2.66. The number of para-hydroxylation sites is 2. The van der Waals surface area contributed by atoms with Crippen LogP contribution in [0.3, 0.4) is 0 Å².